The number of benzene rings is 1. The molecule has 0 spiro atoms. The molecule has 3 atom stereocenters. The van der Waals surface area contributed by atoms with Gasteiger partial charge in [0.05, 0.1) is 11.7 Å². The van der Waals surface area contributed by atoms with E-state index in [0.717, 1.165) is 38.5 Å². The topological polar surface area (TPSA) is 111 Å². The molecule has 1 aliphatic carbocycles. The van der Waals surface area contributed by atoms with Gasteiger partial charge in [0.25, 0.3) is 0 Å². The summed E-state index contributed by atoms with van der Waals surface area (Å²) in [4.78, 5) is 40.7. The zero-order valence-electron chi connectivity index (χ0n) is 18.4. The predicted octanol–water partition coefficient (Wildman–Crippen LogP) is 1.99. The Balaban J connectivity index is 1.75. The Morgan fingerprint density at radius 3 is 2.45 bits per heavy atom. The van der Waals surface area contributed by atoms with Crippen LogP contribution in [0.15, 0.2) is 24.3 Å². The summed E-state index contributed by atoms with van der Waals surface area (Å²) in [6.07, 6.45) is 6.31. The quantitative estimate of drug-likeness (QED) is 0.495. The fraction of sp³-hybridized carbons (Fsp3) is 0.609. The number of aromatic hydroxyl groups is 1. The predicted molar refractivity (Wildman–Crippen MR) is 118 cm³/mol. The summed E-state index contributed by atoms with van der Waals surface area (Å²) in [5.74, 6) is -0.638. The van der Waals surface area contributed by atoms with Gasteiger partial charge in [-0.05, 0) is 57.7 Å². The minimum atomic E-state index is -0.623. The number of anilines is 1. The fourth-order valence-electron chi connectivity index (χ4n) is 4.54. The molecule has 1 aliphatic heterocycles. The van der Waals surface area contributed by atoms with Crippen molar-refractivity contribution < 1.29 is 19.5 Å². The van der Waals surface area contributed by atoms with Crippen molar-refractivity contribution in [2.24, 2.45) is 5.92 Å². The molecule has 1 aromatic carbocycles. The fourth-order valence-corrected chi connectivity index (χ4v) is 4.54. The largest absolute Gasteiger partial charge is 0.506 e. The normalized spacial score (nSPS) is 21.4. The highest BCUT2D eigenvalue weighted by molar-refractivity contribution is 5.99. The molecule has 1 saturated heterocycles. The van der Waals surface area contributed by atoms with Crippen LogP contribution in [0.25, 0.3) is 0 Å². The summed E-state index contributed by atoms with van der Waals surface area (Å²) in [6.45, 7) is 2.24. The van der Waals surface area contributed by atoms with Gasteiger partial charge in [-0.25, -0.2) is 0 Å². The number of likely N-dealkylation sites (tertiary alicyclic amines) is 1. The number of likely N-dealkylation sites (N-methyl/N-ethyl adjacent to an activating group) is 1. The standard InChI is InChI=1S/C23H34N4O4/c1-15(24-2)21(29)26-20(16-9-4-3-5-10-16)23(31)27-14-8-12-18(27)22(30)25-17-11-6-7-13-19(17)28/h6-7,11,13,15-16,18,20,24,28H,3-5,8-10,12,14H2,1-2H3,(H,25,30)(H,26,29). The van der Waals surface area contributed by atoms with Crippen molar-refractivity contribution in [1.29, 1.82) is 0 Å². The highest BCUT2D eigenvalue weighted by atomic mass is 16.3. The molecule has 1 aromatic rings. The third kappa shape index (κ3) is 5.55. The summed E-state index contributed by atoms with van der Waals surface area (Å²) < 4.78 is 0. The first kappa shape index (κ1) is 23.1. The second-order valence-corrected chi connectivity index (χ2v) is 8.59. The van der Waals surface area contributed by atoms with E-state index >= 15 is 0 Å². The number of hydrogen-bond donors (Lipinski definition) is 4. The lowest BCUT2D eigenvalue weighted by atomic mass is 9.83. The van der Waals surface area contributed by atoms with Crippen LogP contribution < -0.4 is 16.0 Å². The zero-order chi connectivity index (χ0) is 22.4. The van der Waals surface area contributed by atoms with Gasteiger partial charge >= 0.3 is 0 Å². The number of nitrogens with one attached hydrogen (secondary N) is 3. The van der Waals surface area contributed by atoms with E-state index < -0.39 is 18.1 Å². The van der Waals surface area contributed by atoms with E-state index in [9.17, 15) is 19.5 Å². The van der Waals surface area contributed by atoms with Gasteiger partial charge in [0.15, 0.2) is 0 Å². The van der Waals surface area contributed by atoms with Crippen molar-refractivity contribution in [3.8, 4) is 5.75 Å². The lowest BCUT2D eigenvalue weighted by molar-refractivity contribution is -0.142. The molecule has 3 unspecified atom stereocenters. The SMILES string of the molecule is CNC(C)C(=O)NC(C(=O)N1CCCC1C(=O)Nc1ccccc1O)C1CCCCC1. The molecular formula is C23H34N4O4. The Kier molecular flexibility index (Phi) is 7.90. The van der Waals surface area contributed by atoms with Gasteiger partial charge in [-0.1, -0.05) is 31.4 Å². The van der Waals surface area contributed by atoms with Crippen molar-refractivity contribution in [2.45, 2.75) is 70.0 Å². The number of phenolic OH excluding ortho intramolecular Hbond substituents is 1. The van der Waals surface area contributed by atoms with Crippen LogP contribution in [-0.2, 0) is 14.4 Å². The molecule has 3 rings (SSSR count). The first-order chi connectivity index (χ1) is 14.9. The third-order valence-electron chi connectivity index (χ3n) is 6.51. The maximum atomic E-state index is 13.6. The number of rotatable bonds is 7. The molecule has 8 heteroatoms. The van der Waals surface area contributed by atoms with Crippen LogP contribution in [0.3, 0.4) is 0 Å². The van der Waals surface area contributed by atoms with Crippen LogP contribution in [0.5, 0.6) is 5.75 Å². The molecule has 2 fully saturated rings. The number of carbonyl (C=O) groups excluding carboxylic acids is 3. The Labute approximate surface area is 183 Å². The summed E-state index contributed by atoms with van der Waals surface area (Å²) in [5.41, 5.74) is 0.326. The second kappa shape index (κ2) is 10.6. The lowest BCUT2D eigenvalue weighted by Crippen LogP contribution is -2.57. The number of carbonyl (C=O) groups is 3. The average molecular weight is 431 g/mol. The molecule has 2 aliphatic rings. The van der Waals surface area contributed by atoms with E-state index in [1.165, 1.54) is 6.07 Å². The van der Waals surface area contributed by atoms with Crippen LogP contribution in [-0.4, -0.2) is 59.4 Å². The van der Waals surface area contributed by atoms with Crippen molar-refractivity contribution in [3.05, 3.63) is 24.3 Å². The van der Waals surface area contributed by atoms with E-state index in [0.29, 0.717) is 18.7 Å². The smallest absolute Gasteiger partial charge is 0.247 e. The highest BCUT2D eigenvalue weighted by Gasteiger charge is 2.41. The monoisotopic (exact) mass is 430 g/mol. The molecule has 170 valence electrons. The van der Waals surface area contributed by atoms with Gasteiger partial charge in [0.2, 0.25) is 17.7 Å². The van der Waals surface area contributed by atoms with Gasteiger partial charge in [0, 0.05) is 6.54 Å². The van der Waals surface area contributed by atoms with Crippen molar-refractivity contribution in [3.63, 3.8) is 0 Å². The molecule has 0 aromatic heterocycles. The van der Waals surface area contributed by atoms with Gasteiger partial charge in [-0.2, -0.15) is 0 Å². The third-order valence-corrected chi connectivity index (χ3v) is 6.51. The molecule has 31 heavy (non-hydrogen) atoms. The first-order valence-electron chi connectivity index (χ1n) is 11.3. The lowest BCUT2D eigenvalue weighted by Gasteiger charge is -2.35. The first-order valence-corrected chi connectivity index (χ1v) is 11.3. The zero-order valence-corrected chi connectivity index (χ0v) is 18.4. The Morgan fingerprint density at radius 1 is 1.06 bits per heavy atom. The summed E-state index contributed by atoms with van der Waals surface area (Å²) >= 11 is 0. The molecule has 0 radical (unpaired) electrons. The number of amides is 3. The van der Waals surface area contributed by atoms with Gasteiger partial charge in [-0.3, -0.25) is 14.4 Å². The molecule has 1 heterocycles. The van der Waals surface area contributed by atoms with E-state index in [-0.39, 0.29) is 29.4 Å². The molecular weight excluding hydrogens is 396 g/mol. The van der Waals surface area contributed by atoms with Gasteiger partial charge < -0.3 is 26.0 Å². The highest BCUT2D eigenvalue weighted by Crippen LogP contribution is 2.30. The number of para-hydroxylation sites is 2. The van der Waals surface area contributed by atoms with Crippen LogP contribution in [0.4, 0.5) is 5.69 Å². The molecule has 3 amide bonds. The van der Waals surface area contributed by atoms with Crippen molar-refractivity contribution in [1.82, 2.24) is 15.5 Å². The Morgan fingerprint density at radius 2 is 1.77 bits per heavy atom. The Bertz CT molecular complexity index is 794. The maximum absolute atomic E-state index is 13.6. The number of hydrogen-bond acceptors (Lipinski definition) is 5. The van der Waals surface area contributed by atoms with Crippen LogP contribution in [0, 0.1) is 5.92 Å². The van der Waals surface area contributed by atoms with E-state index in [1.807, 2.05) is 0 Å². The molecule has 8 nitrogen and oxygen atoms in total. The minimum Gasteiger partial charge on any atom is -0.506 e. The molecule has 1 saturated carbocycles. The van der Waals surface area contributed by atoms with Crippen LogP contribution in [0.1, 0.15) is 51.9 Å². The van der Waals surface area contributed by atoms with Crippen LogP contribution in [0.2, 0.25) is 0 Å². The van der Waals surface area contributed by atoms with Crippen molar-refractivity contribution in [2.75, 3.05) is 18.9 Å². The summed E-state index contributed by atoms with van der Waals surface area (Å²) in [6, 6.07) is 4.89. The van der Waals surface area contributed by atoms with Crippen LogP contribution >= 0.6 is 0 Å². The van der Waals surface area contributed by atoms with Crippen molar-refractivity contribution >= 4 is 23.4 Å². The van der Waals surface area contributed by atoms with Gasteiger partial charge in [-0.15, -0.1) is 0 Å². The molecule has 4 N–H and O–H groups in total. The average Bonchev–Trinajstić information content (AvgIpc) is 3.28. The van der Waals surface area contributed by atoms with E-state index in [1.54, 1.807) is 37.1 Å². The number of nitrogens with zero attached hydrogens (tertiary/aromatic N) is 1. The summed E-state index contributed by atoms with van der Waals surface area (Å²) in [7, 11) is 1.71. The maximum Gasteiger partial charge on any atom is 0.247 e. The number of phenols is 1. The van der Waals surface area contributed by atoms with E-state index in [4.69, 9.17) is 0 Å². The Hall–Kier alpha value is -2.61. The summed E-state index contributed by atoms with van der Waals surface area (Å²) in [5, 5.41) is 18.6. The minimum absolute atomic E-state index is 0.0138. The van der Waals surface area contributed by atoms with E-state index in [2.05, 4.69) is 16.0 Å². The van der Waals surface area contributed by atoms with Gasteiger partial charge in [0.1, 0.15) is 17.8 Å². The molecule has 0 bridgehead atoms. The second-order valence-electron chi connectivity index (χ2n) is 8.59.